The van der Waals surface area contributed by atoms with Crippen molar-refractivity contribution in [1.82, 2.24) is 0 Å². The lowest BCUT2D eigenvalue weighted by molar-refractivity contribution is 0.627. The van der Waals surface area contributed by atoms with Crippen LogP contribution >= 0.6 is 0 Å². The fourth-order valence-electron chi connectivity index (χ4n) is 5.02. The molecular weight excluding hydrogens is 548 g/mol. The van der Waals surface area contributed by atoms with Crippen LogP contribution in [-0.2, 0) is 6.42 Å². The van der Waals surface area contributed by atoms with E-state index in [2.05, 4.69) is 0 Å². The first kappa shape index (κ1) is 27.8. The number of nitrogens with zero attached hydrogens (tertiary/aromatic N) is 2. The zero-order valence-corrected chi connectivity index (χ0v) is 23.0. The van der Waals surface area contributed by atoms with Crippen molar-refractivity contribution in [3.05, 3.63) is 180 Å². The fourth-order valence-corrected chi connectivity index (χ4v) is 5.02. The van der Waals surface area contributed by atoms with Crippen LogP contribution in [0.1, 0.15) is 11.1 Å². The van der Waals surface area contributed by atoms with Crippen LogP contribution in [0.3, 0.4) is 0 Å². The van der Waals surface area contributed by atoms with Gasteiger partial charge in [0.1, 0.15) is 23.3 Å². The maximum atomic E-state index is 13.6. The first-order valence-electron chi connectivity index (χ1n) is 13.7. The molecule has 0 atom stereocenters. The SMILES string of the molecule is Fc1ccc(N(c2ccc(F)cc2)c2ccc(Cc3ccc(N(c4ccc(F)cc4)c4ccc(F)cc4)cc3)cc2)cc1. The Morgan fingerprint density at radius 2 is 0.465 bits per heavy atom. The Balaban J connectivity index is 1.24. The molecule has 0 fully saturated rings. The summed E-state index contributed by atoms with van der Waals surface area (Å²) in [5.74, 6) is -1.32. The zero-order valence-electron chi connectivity index (χ0n) is 23.0. The van der Waals surface area contributed by atoms with E-state index in [0.717, 1.165) is 45.3 Å². The van der Waals surface area contributed by atoms with Crippen LogP contribution in [-0.4, -0.2) is 0 Å². The quantitative estimate of drug-likeness (QED) is 0.167. The van der Waals surface area contributed by atoms with Gasteiger partial charge in [-0.05, 0) is 139 Å². The van der Waals surface area contributed by atoms with Gasteiger partial charge in [-0.15, -0.1) is 0 Å². The molecule has 212 valence electrons. The molecule has 0 amide bonds. The number of hydrogen-bond acceptors (Lipinski definition) is 2. The minimum atomic E-state index is -0.331. The molecule has 0 saturated carbocycles. The number of hydrogen-bond donors (Lipinski definition) is 0. The standard InChI is InChI=1S/C37H26F4N2/c38-28-5-17-34(18-6-28)42(35-19-7-29(39)8-20-35)32-13-1-26(2-14-32)25-27-3-15-33(16-4-27)43(36-21-9-30(40)10-22-36)37-23-11-31(41)12-24-37/h1-24H,25H2. The lowest BCUT2D eigenvalue weighted by atomic mass is 10.0. The van der Waals surface area contributed by atoms with E-state index in [0.29, 0.717) is 6.42 Å². The van der Waals surface area contributed by atoms with Crippen molar-refractivity contribution in [2.75, 3.05) is 9.80 Å². The molecular formula is C37H26F4N2. The lowest BCUT2D eigenvalue weighted by Crippen LogP contribution is -2.10. The maximum Gasteiger partial charge on any atom is 0.123 e. The van der Waals surface area contributed by atoms with Crippen molar-refractivity contribution < 1.29 is 17.6 Å². The van der Waals surface area contributed by atoms with E-state index in [1.54, 1.807) is 48.5 Å². The normalized spacial score (nSPS) is 10.9. The molecule has 0 radical (unpaired) electrons. The topological polar surface area (TPSA) is 6.48 Å². The fraction of sp³-hybridized carbons (Fsp3) is 0.0270. The van der Waals surface area contributed by atoms with E-state index in [4.69, 9.17) is 0 Å². The van der Waals surface area contributed by atoms with Crippen LogP contribution in [0.4, 0.5) is 51.7 Å². The molecule has 0 aliphatic rings. The summed E-state index contributed by atoms with van der Waals surface area (Å²) in [6.07, 6.45) is 0.681. The molecule has 0 unspecified atom stereocenters. The van der Waals surface area contributed by atoms with Crippen molar-refractivity contribution in [2.24, 2.45) is 0 Å². The highest BCUT2D eigenvalue weighted by atomic mass is 19.1. The first-order chi connectivity index (χ1) is 20.9. The zero-order chi connectivity index (χ0) is 29.8. The third kappa shape index (κ3) is 6.44. The predicted octanol–water partition coefficient (Wildman–Crippen LogP) is 10.8. The highest BCUT2D eigenvalue weighted by Crippen LogP contribution is 2.36. The molecule has 6 aromatic carbocycles. The minimum Gasteiger partial charge on any atom is -0.310 e. The number of anilines is 6. The Hall–Kier alpha value is -5.36. The highest BCUT2D eigenvalue weighted by Gasteiger charge is 2.15. The van der Waals surface area contributed by atoms with Gasteiger partial charge in [0.15, 0.2) is 0 Å². The Bertz CT molecular complexity index is 1560. The second kappa shape index (κ2) is 12.2. The summed E-state index contributed by atoms with van der Waals surface area (Å²) in [7, 11) is 0. The van der Waals surface area contributed by atoms with Gasteiger partial charge in [-0.25, -0.2) is 17.6 Å². The first-order valence-corrected chi connectivity index (χ1v) is 13.7. The molecule has 2 nitrogen and oxygen atoms in total. The van der Waals surface area contributed by atoms with Crippen LogP contribution < -0.4 is 9.80 Å². The third-order valence-corrected chi connectivity index (χ3v) is 7.14. The third-order valence-electron chi connectivity index (χ3n) is 7.14. The van der Waals surface area contributed by atoms with Gasteiger partial charge < -0.3 is 9.80 Å². The van der Waals surface area contributed by atoms with Crippen molar-refractivity contribution in [3.8, 4) is 0 Å². The minimum absolute atomic E-state index is 0.331. The van der Waals surface area contributed by atoms with E-state index in [1.165, 1.54) is 48.5 Å². The van der Waals surface area contributed by atoms with E-state index >= 15 is 0 Å². The summed E-state index contributed by atoms with van der Waals surface area (Å²) in [5.41, 5.74) is 6.89. The largest absolute Gasteiger partial charge is 0.310 e. The molecule has 0 saturated heterocycles. The Morgan fingerprint density at radius 1 is 0.279 bits per heavy atom. The van der Waals surface area contributed by atoms with Crippen LogP contribution in [0.15, 0.2) is 146 Å². The van der Waals surface area contributed by atoms with Gasteiger partial charge in [-0.3, -0.25) is 0 Å². The molecule has 6 rings (SSSR count). The molecule has 0 aromatic heterocycles. The lowest BCUT2D eigenvalue weighted by Gasteiger charge is -2.26. The van der Waals surface area contributed by atoms with Gasteiger partial charge in [0.05, 0.1) is 0 Å². The molecule has 6 heteroatoms. The summed E-state index contributed by atoms with van der Waals surface area (Å²) in [4.78, 5) is 3.88. The maximum absolute atomic E-state index is 13.6. The number of rotatable bonds is 8. The van der Waals surface area contributed by atoms with Gasteiger partial charge in [0.2, 0.25) is 0 Å². The molecule has 0 bridgehead atoms. The second-order valence-corrected chi connectivity index (χ2v) is 10.1. The summed E-state index contributed by atoms with van der Waals surface area (Å²) < 4.78 is 54.6. The molecule has 43 heavy (non-hydrogen) atoms. The number of halogens is 4. The van der Waals surface area contributed by atoms with Gasteiger partial charge in [0.25, 0.3) is 0 Å². The molecule has 0 spiro atoms. The predicted molar refractivity (Wildman–Crippen MR) is 165 cm³/mol. The van der Waals surface area contributed by atoms with Crippen molar-refractivity contribution in [1.29, 1.82) is 0 Å². The number of benzene rings is 6. The van der Waals surface area contributed by atoms with Crippen LogP contribution in [0.25, 0.3) is 0 Å². The van der Waals surface area contributed by atoms with E-state index in [9.17, 15) is 17.6 Å². The molecule has 6 aromatic rings. The van der Waals surface area contributed by atoms with Gasteiger partial charge in [-0.2, -0.15) is 0 Å². The Labute approximate surface area is 247 Å². The smallest absolute Gasteiger partial charge is 0.123 e. The molecule has 0 N–H and O–H groups in total. The Kier molecular flexibility index (Phi) is 7.92. The molecule has 0 aliphatic heterocycles. The van der Waals surface area contributed by atoms with E-state index in [-0.39, 0.29) is 23.3 Å². The van der Waals surface area contributed by atoms with E-state index in [1.807, 2.05) is 58.3 Å². The van der Waals surface area contributed by atoms with Gasteiger partial charge >= 0.3 is 0 Å². The van der Waals surface area contributed by atoms with E-state index < -0.39 is 0 Å². The van der Waals surface area contributed by atoms with Gasteiger partial charge in [-0.1, -0.05) is 24.3 Å². The van der Waals surface area contributed by atoms with Crippen molar-refractivity contribution in [2.45, 2.75) is 6.42 Å². The average molecular weight is 575 g/mol. The van der Waals surface area contributed by atoms with Crippen LogP contribution in [0.2, 0.25) is 0 Å². The van der Waals surface area contributed by atoms with Gasteiger partial charge in [0, 0.05) is 34.1 Å². The van der Waals surface area contributed by atoms with Crippen LogP contribution in [0, 0.1) is 23.3 Å². The Morgan fingerprint density at radius 3 is 0.674 bits per heavy atom. The monoisotopic (exact) mass is 574 g/mol. The summed E-state index contributed by atoms with van der Waals surface area (Å²) in [6.45, 7) is 0. The summed E-state index contributed by atoms with van der Waals surface area (Å²) in [5, 5.41) is 0. The summed E-state index contributed by atoms with van der Waals surface area (Å²) in [6, 6.07) is 40.8. The van der Waals surface area contributed by atoms with Crippen LogP contribution in [0.5, 0.6) is 0 Å². The second-order valence-electron chi connectivity index (χ2n) is 10.1. The van der Waals surface area contributed by atoms with Crippen molar-refractivity contribution >= 4 is 34.1 Å². The molecule has 0 heterocycles. The highest BCUT2D eigenvalue weighted by molar-refractivity contribution is 5.77. The molecule has 0 aliphatic carbocycles. The average Bonchev–Trinajstić information content (AvgIpc) is 3.03. The summed E-state index contributed by atoms with van der Waals surface area (Å²) >= 11 is 0. The van der Waals surface area contributed by atoms with Crippen molar-refractivity contribution in [3.63, 3.8) is 0 Å².